The third-order valence-electron chi connectivity index (χ3n) is 8.47. The number of carbonyl (C=O) groups is 1. The molecule has 45 heavy (non-hydrogen) atoms. The second-order valence-electron chi connectivity index (χ2n) is 12.2. The molecule has 4 aromatic rings. The van der Waals surface area contributed by atoms with E-state index in [2.05, 4.69) is 20.8 Å². The Labute approximate surface area is 258 Å². The summed E-state index contributed by atoms with van der Waals surface area (Å²) >= 11 is 0. The van der Waals surface area contributed by atoms with Crippen LogP contribution in [0.15, 0.2) is 97.1 Å². The maximum atomic E-state index is 14.4. The van der Waals surface area contributed by atoms with Crippen LogP contribution in [0.25, 0.3) is 0 Å². The van der Waals surface area contributed by atoms with Crippen molar-refractivity contribution in [3.8, 4) is 11.5 Å². The lowest BCUT2D eigenvalue weighted by atomic mass is 9.73. The molecule has 0 aliphatic carbocycles. The van der Waals surface area contributed by atoms with Gasteiger partial charge in [0.15, 0.2) is 5.78 Å². The molecule has 1 N–H and O–H groups in total. The molecule has 0 heterocycles. The SMILES string of the molecule is CCC(C)(C)c1ccc(C(=O)c2ccc(C(C)(C)Oc3ccc(C(c4ccc(O)cc4)(C(F)(F)F)C(F)(F)F)cc3)cc2)cc1. The summed E-state index contributed by atoms with van der Waals surface area (Å²) in [7, 11) is 0. The number of benzene rings is 4. The van der Waals surface area contributed by atoms with E-state index >= 15 is 0 Å². The zero-order chi connectivity index (χ0) is 33.4. The van der Waals surface area contributed by atoms with Gasteiger partial charge in [0.1, 0.15) is 17.1 Å². The van der Waals surface area contributed by atoms with Gasteiger partial charge in [-0.2, -0.15) is 26.3 Å². The molecule has 0 radical (unpaired) electrons. The van der Waals surface area contributed by atoms with Gasteiger partial charge < -0.3 is 9.84 Å². The molecule has 0 aliphatic heterocycles. The molecule has 0 aromatic heterocycles. The van der Waals surface area contributed by atoms with E-state index in [0.29, 0.717) is 28.8 Å². The standard InChI is InChI=1S/C36H34F6O3/c1-6-32(2,3)25-11-7-23(8-12-25)31(44)24-9-13-26(14-10-24)33(4,5)45-30-21-17-28(18-22-30)34(35(37,38)39,36(40,41)42)27-15-19-29(43)20-16-27/h7-22,43H,6H2,1-5H3. The highest BCUT2D eigenvalue weighted by Gasteiger charge is 2.72. The van der Waals surface area contributed by atoms with Gasteiger partial charge in [0.25, 0.3) is 0 Å². The summed E-state index contributed by atoms with van der Waals surface area (Å²) < 4.78 is 92.3. The van der Waals surface area contributed by atoms with Gasteiger partial charge in [-0.15, -0.1) is 0 Å². The monoisotopic (exact) mass is 628 g/mol. The molecule has 0 atom stereocenters. The molecule has 0 fully saturated rings. The number of hydrogen-bond acceptors (Lipinski definition) is 3. The van der Waals surface area contributed by atoms with E-state index in [-0.39, 0.29) is 16.9 Å². The minimum absolute atomic E-state index is 0.0122. The minimum Gasteiger partial charge on any atom is -0.508 e. The van der Waals surface area contributed by atoms with Crippen molar-refractivity contribution in [1.29, 1.82) is 0 Å². The summed E-state index contributed by atoms with van der Waals surface area (Å²) in [6.07, 6.45) is -10.6. The van der Waals surface area contributed by atoms with E-state index in [1.54, 1.807) is 50.2 Å². The van der Waals surface area contributed by atoms with E-state index in [1.807, 2.05) is 12.1 Å². The predicted octanol–water partition coefficient (Wildman–Crippen LogP) is 10.0. The quantitative estimate of drug-likeness (QED) is 0.148. The van der Waals surface area contributed by atoms with Crippen molar-refractivity contribution in [2.24, 2.45) is 0 Å². The predicted molar refractivity (Wildman–Crippen MR) is 161 cm³/mol. The van der Waals surface area contributed by atoms with Crippen molar-refractivity contribution in [2.75, 3.05) is 0 Å². The fraction of sp³-hybridized carbons (Fsp3) is 0.306. The van der Waals surface area contributed by atoms with Crippen LogP contribution in [-0.2, 0) is 16.4 Å². The molecule has 9 heteroatoms. The molecule has 0 aliphatic rings. The van der Waals surface area contributed by atoms with Gasteiger partial charge in [-0.05, 0) is 72.2 Å². The number of alkyl halides is 6. The van der Waals surface area contributed by atoms with Crippen LogP contribution in [0.2, 0.25) is 0 Å². The summed E-state index contributed by atoms with van der Waals surface area (Å²) in [5, 5.41) is 9.48. The molecule has 4 rings (SSSR count). The van der Waals surface area contributed by atoms with E-state index in [9.17, 15) is 36.2 Å². The van der Waals surface area contributed by atoms with Gasteiger partial charge in [0.2, 0.25) is 5.41 Å². The molecule has 0 saturated heterocycles. The lowest BCUT2D eigenvalue weighted by Crippen LogP contribution is -2.54. The first kappa shape index (κ1) is 33.6. The van der Waals surface area contributed by atoms with Crippen LogP contribution in [0.3, 0.4) is 0 Å². The number of aromatic hydroxyl groups is 1. The molecule has 4 aromatic carbocycles. The van der Waals surface area contributed by atoms with Crippen LogP contribution < -0.4 is 4.74 Å². The van der Waals surface area contributed by atoms with Crippen molar-refractivity contribution in [2.45, 2.75) is 69.8 Å². The number of halogens is 6. The highest BCUT2D eigenvalue weighted by Crippen LogP contribution is 2.56. The molecule has 238 valence electrons. The van der Waals surface area contributed by atoms with E-state index in [0.717, 1.165) is 48.4 Å². The Morgan fingerprint density at radius 1 is 0.600 bits per heavy atom. The van der Waals surface area contributed by atoms with E-state index in [1.165, 1.54) is 0 Å². The van der Waals surface area contributed by atoms with Crippen molar-refractivity contribution in [1.82, 2.24) is 0 Å². The molecule has 0 bridgehead atoms. The van der Waals surface area contributed by atoms with Crippen LogP contribution in [-0.4, -0.2) is 23.2 Å². The van der Waals surface area contributed by atoms with Crippen LogP contribution in [0, 0.1) is 0 Å². The maximum Gasteiger partial charge on any atom is 0.411 e. The topological polar surface area (TPSA) is 46.5 Å². The van der Waals surface area contributed by atoms with Crippen molar-refractivity contribution in [3.05, 3.63) is 130 Å². The smallest absolute Gasteiger partial charge is 0.411 e. The zero-order valence-electron chi connectivity index (χ0n) is 25.5. The Hall–Kier alpha value is -4.27. The number of ketones is 1. The largest absolute Gasteiger partial charge is 0.508 e. The van der Waals surface area contributed by atoms with Gasteiger partial charge in [0.05, 0.1) is 0 Å². The summed E-state index contributed by atoms with van der Waals surface area (Å²) in [5.74, 6) is -0.586. The molecule has 3 nitrogen and oxygen atoms in total. The molecule has 0 unspecified atom stereocenters. The number of phenolic OH excluding ortho intramolecular Hbond substituents is 1. The van der Waals surface area contributed by atoms with Gasteiger partial charge >= 0.3 is 12.4 Å². The van der Waals surface area contributed by atoms with Crippen molar-refractivity contribution >= 4 is 5.78 Å². The van der Waals surface area contributed by atoms with E-state index in [4.69, 9.17) is 4.74 Å². The normalized spacial score (nSPS) is 13.0. The summed E-state index contributed by atoms with van der Waals surface area (Å²) in [4.78, 5) is 13.1. The first-order valence-corrected chi connectivity index (χ1v) is 14.3. The Kier molecular flexibility index (Phi) is 8.90. The van der Waals surface area contributed by atoms with Gasteiger partial charge in [-0.25, -0.2) is 0 Å². The highest BCUT2D eigenvalue weighted by molar-refractivity contribution is 6.09. The first-order valence-electron chi connectivity index (χ1n) is 14.3. The lowest BCUT2D eigenvalue weighted by molar-refractivity contribution is -0.288. The fourth-order valence-electron chi connectivity index (χ4n) is 5.29. The Bertz CT molecular complexity index is 1600. The Morgan fingerprint density at radius 2 is 0.978 bits per heavy atom. The van der Waals surface area contributed by atoms with Crippen LogP contribution in [0.1, 0.15) is 79.2 Å². The van der Waals surface area contributed by atoms with Gasteiger partial charge in [0, 0.05) is 11.1 Å². The molecule has 0 spiro atoms. The van der Waals surface area contributed by atoms with Gasteiger partial charge in [-0.1, -0.05) is 93.6 Å². The zero-order valence-corrected chi connectivity index (χ0v) is 25.5. The number of hydrogen-bond donors (Lipinski definition) is 1. The Balaban J connectivity index is 1.58. The number of phenols is 1. The number of ether oxygens (including phenoxy) is 1. The van der Waals surface area contributed by atoms with E-state index < -0.39 is 40.2 Å². The second-order valence-corrected chi connectivity index (χ2v) is 12.2. The van der Waals surface area contributed by atoms with Crippen LogP contribution in [0.4, 0.5) is 26.3 Å². The van der Waals surface area contributed by atoms with Crippen molar-refractivity contribution in [3.63, 3.8) is 0 Å². The van der Waals surface area contributed by atoms with Crippen LogP contribution in [0.5, 0.6) is 11.5 Å². The molecule has 0 saturated carbocycles. The van der Waals surface area contributed by atoms with Crippen molar-refractivity contribution < 1.29 is 41.0 Å². The minimum atomic E-state index is -5.75. The van der Waals surface area contributed by atoms with Crippen LogP contribution >= 0.6 is 0 Å². The summed E-state index contributed by atoms with van der Waals surface area (Å²) in [6, 6.07) is 20.6. The fourth-order valence-corrected chi connectivity index (χ4v) is 5.29. The Morgan fingerprint density at radius 3 is 1.38 bits per heavy atom. The van der Waals surface area contributed by atoms with Gasteiger partial charge in [-0.3, -0.25) is 4.79 Å². The molecule has 0 amide bonds. The second kappa shape index (κ2) is 11.9. The number of rotatable bonds is 9. The third-order valence-corrected chi connectivity index (χ3v) is 8.47. The summed E-state index contributed by atoms with van der Waals surface area (Å²) in [6.45, 7) is 9.76. The lowest BCUT2D eigenvalue weighted by Gasteiger charge is -2.38. The average Bonchev–Trinajstić information content (AvgIpc) is 2.97. The molecular weight excluding hydrogens is 594 g/mol. The maximum absolute atomic E-state index is 14.4. The summed E-state index contributed by atoms with van der Waals surface area (Å²) in [5.41, 5.74) is -4.78. The average molecular weight is 629 g/mol. The molecular formula is C36H34F6O3. The highest BCUT2D eigenvalue weighted by atomic mass is 19.4. The first-order chi connectivity index (χ1) is 20.8. The number of carbonyl (C=O) groups excluding carboxylic acids is 1. The third kappa shape index (κ3) is 6.44.